The van der Waals surface area contributed by atoms with Gasteiger partial charge in [-0.1, -0.05) is 0 Å². The van der Waals surface area contributed by atoms with Crippen molar-refractivity contribution in [3.63, 3.8) is 0 Å². The van der Waals surface area contributed by atoms with Gasteiger partial charge in [-0.25, -0.2) is 9.97 Å². The fraction of sp³-hybridized carbons (Fsp3) is 0.250. The highest BCUT2D eigenvalue weighted by Crippen LogP contribution is 2.08. The van der Waals surface area contributed by atoms with Crippen molar-refractivity contribution in [2.45, 2.75) is 20.4 Å². The van der Waals surface area contributed by atoms with Crippen molar-refractivity contribution in [3.8, 4) is 0 Å². The van der Waals surface area contributed by atoms with E-state index in [1.165, 1.54) is 0 Å². The fourth-order valence-corrected chi connectivity index (χ4v) is 1.45. The van der Waals surface area contributed by atoms with Crippen LogP contribution in [0.5, 0.6) is 0 Å². The van der Waals surface area contributed by atoms with Gasteiger partial charge in [0.05, 0.1) is 12.2 Å². The highest BCUT2D eigenvalue weighted by atomic mass is 14.9. The number of hydrogen-bond acceptors (Lipinski definition) is 4. The van der Waals surface area contributed by atoms with Crippen LogP contribution in [0.3, 0.4) is 0 Å². The number of nitrogens with one attached hydrogen (secondary N) is 1. The van der Waals surface area contributed by atoms with E-state index < -0.39 is 0 Å². The average Bonchev–Trinajstić information content (AvgIpc) is 2.27. The molecule has 0 spiro atoms. The van der Waals surface area contributed by atoms with Gasteiger partial charge in [0.15, 0.2) is 0 Å². The molecule has 0 fully saturated rings. The van der Waals surface area contributed by atoms with Gasteiger partial charge < -0.3 is 5.32 Å². The molecule has 0 radical (unpaired) electrons. The van der Waals surface area contributed by atoms with Gasteiger partial charge in [-0.3, -0.25) is 4.98 Å². The van der Waals surface area contributed by atoms with Gasteiger partial charge >= 0.3 is 0 Å². The molecule has 0 saturated carbocycles. The molecule has 2 aromatic heterocycles. The monoisotopic (exact) mass is 214 g/mol. The Morgan fingerprint density at radius 2 is 1.94 bits per heavy atom. The minimum Gasteiger partial charge on any atom is -0.379 e. The molecule has 0 aliphatic heterocycles. The molecule has 0 atom stereocenters. The first-order valence-electron chi connectivity index (χ1n) is 5.19. The zero-order valence-corrected chi connectivity index (χ0v) is 9.44. The van der Waals surface area contributed by atoms with E-state index in [1.54, 1.807) is 12.4 Å². The summed E-state index contributed by atoms with van der Waals surface area (Å²) in [5, 5.41) is 3.30. The molecule has 0 unspecified atom stereocenters. The SMILES string of the molecule is Cc1cc(NCc2ccnc(C)n2)ccn1. The lowest BCUT2D eigenvalue weighted by Gasteiger charge is -2.06. The summed E-state index contributed by atoms with van der Waals surface area (Å²) in [7, 11) is 0. The standard InChI is InChI=1S/C12H14N4/c1-9-7-11(3-5-13-9)15-8-12-4-6-14-10(2)16-12/h3-7H,8H2,1-2H3,(H,13,15). The van der Waals surface area contributed by atoms with Crippen molar-refractivity contribution in [3.05, 3.63) is 47.8 Å². The molecule has 0 amide bonds. The summed E-state index contributed by atoms with van der Waals surface area (Å²) in [5.41, 5.74) is 3.05. The van der Waals surface area contributed by atoms with Gasteiger partial charge in [-0.05, 0) is 32.0 Å². The average molecular weight is 214 g/mol. The maximum Gasteiger partial charge on any atom is 0.125 e. The minimum atomic E-state index is 0.701. The van der Waals surface area contributed by atoms with E-state index in [-0.39, 0.29) is 0 Å². The van der Waals surface area contributed by atoms with Crippen LogP contribution in [0.2, 0.25) is 0 Å². The van der Waals surface area contributed by atoms with Gasteiger partial charge in [0.25, 0.3) is 0 Å². The van der Waals surface area contributed by atoms with E-state index in [2.05, 4.69) is 20.3 Å². The molecule has 0 aliphatic carbocycles. The molecule has 0 aliphatic rings. The molecule has 2 heterocycles. The molecule has 0 saturated heterocycles. The normalized spacial score (nSPS) is 10.1. The summed E-state index contributed by atoms with van der Waals surface area (Å²) >= 11 is 0. The molecule has 4 heteroatoms. The Bertz CT molecular complexity index is 436. The van der Waals surface area contributed by atoms with Crippen LogP contribution in [0.4, 0.5) is 5.69 Å². The maximum absolute atomic E-state index is 4.32. The van der Waals surface area contributed by atoms with Crippen LogP contribution in [-0.2, 0) is 6.54 Å². The zero-order valence-electron chi connectivity index (χ0n) is 9.44. The van der Waals surface area contributed by atoms with E-state index in [0.29, 0.717) is 6.54 Å². The lowest BCUT2D eigenvalue weighted by Crippen LogP contribution is -2.03. The number of anilines is 1. The minimum absolute atomic E-state index is 0.701. The Labute approximate surface area is 94.8 Å². The summed E-state index contributed by atoms with van der Waals surface area (Å²) in [5.74, 6) is 0.796. The molecule has 0 aromatic carbocycles. The molecule has 1 N–H and O–H groups in total. The predicted molar refractivity (Wildman–Crippen MR) is 63.1 cm³/mol. The number of nitrogens with zero attached hydrogens (tertiary/aromatic N) is 3. The van der Waals surface area contributed by atoms with Gasteiger partial charge in [-0.2, -0.15) is 0 Å². The first-order valence-corrected chi connectivity index (χ1v) is 5.19. The van der Waals surface area contributed by atoms with E-state index >= 15 is 0 Å². The molecule has 0 bridgehead atoms. The van der Waals surface area contributed by atoms with E-state index in [9.17, 15) is 0 Å². The molecule has 2 rings (SSSR count). The highest BCUT2D eigenvalue weighted by molar-refractivity contribution is 5.43. The Morgan fingerprint density at radius 3 is 2.69 bits per heavy atom. The second kappa shape index (κ2) is 4.70. The Morgan fingerprint density at radius 1 is 1.12 bits per heavy atom. The van der Waals surface area contributed by atoms with E-state index in [4.69, 9.17) is 0 Å². The number of rotatable bonds is 3. The van der Waals surface area contributed by atoms with Crippen LogP contribution in [0.25, 0.3) is 0 Å². The molecule has 2 aromatic rings. The summed E-state index contributed by atoms with van der Waals surface area (Å²) in [4.78, 5) is 12.5. The molecular weight excluding hydrogens is 200 g/mol. The van der Waals surface area contributed by atoms with E-state index in [1.807, 2.05) is 32.0 Å². The third-order valence-corrected chi connectivity index (χ3v) is 2.20. The van der Waals surface area contributed by atoms with Crippen molar-refractivity contribution < 1.29 is 0 Å². The molecular formula is C12H14N4. The summed E-state index contributed by atoms with van der Waals surface area (Å²) in [6.07, 6.45) is 3.57. The van der Waals surface area contributed by atoms with Crippen LogP contribution >= 0.6 is 0 Å². The molecule has 16 heavy (non-hydrogen) atoms. The summed E-state index contributed by atoms with van der Waals surface area (Å²) in [6.45, 7) is 4.56. The number of pyridine rings is 1. The first kappa shape index (κ1) is 10.5. The van der Waals surface area contributed by atoms with Crippen molar-refractivity contribution >= 4 is 5.69 Å². The number of aryl methyl sites for hydroxylation is 2. The fourth-order valence-electron chi connectivity index (χ4n) is 1.45. The number of hydrogen-bond donors (Lipinski definition) is 1. The Balaban J connectivity index is 2.02. The highest BCUT2D eigenvalue weighted by Gasteiger charge is 1.96. The Hall–Kier alpha value is -1.97. The number of aromatic nitrogens is 3. The van der Waals surface area contributed by atoms with Crippen molar-refractivity contribution in [1.29, 1.82) is 0 Å². The van der Waals surface area contributed by atoms with Crippen LogP contribution in [-0.4, -0.2) is 15.0 Å². The van der Waals surface area contributed by atoms with Crippen molar-refractivity contribution in [2.75, 3.05) is 5.32 Å². The van der Waals surface area contributed by atoms with E-state index in [0.717, 1.165) is 22.9 Å². The van der Waals surface area contributed by atoms with Gasteiger partial charge in [0.1, 0.15) is 5.82 Å². The third kappa shape index (κ3) is 2.76. The largest absolute Gasteiger partial charge is 0.379 e. The van der Waals surface area contributed by atoms with Crippen molar-refractivity contribution in [2.24, 2.45) is 0 Å². The summed E-state index contributed by atoms with van der Waals surface area (Å²) < 4.78 is 0. The lowest BCUT2D eigenvalue weighted by atomic mass is 10.3. The predicted octanol–water partition coefficient (Wildman–Crippen LogP) is 2.10. The van der Waals surface area contributed by atoms with Crippen LogP contribution in [0.15, 0.2) is 30.6 Å². The Kier molecular flexibility index (Phi) is 3.10. The lowest BCUT2D eigenvalue weighted by molar-refractivity contribution is 0.954. The second-order valence-electron chi connectivity index (χ2n) is 3.63. The quantitative estimate of drug-likeness (QED) is 0.850. The summed E-state index contributed by atoms with van der Waals surface area (Å²) in [6, 6.07) is 5.86. The van der Waals surface area contributed by atoms with Crippen molar-refractivity contribution in [1.82, 2.24) is 15.0 Å². The zero-order chi connectivity index (χ0) is 11.4. The van der Waals surface area contributed by atoms with Crippen LogP contribution in [0, 0.1) is 13.8 Å². The van der Waals surface area contributed by atoms with Crippen LogP contribution < -0.4 is 5.32 Å². The third-order valence-electron chi connectivity index (χ3n) is 2.20. The topological polar surface area (TPSA) is 50.7 Å². The van der Waals surface area contributed by atoms with Gasteiger partial charge in [0, 0.05) is 23.8 Å². The van der Waals surface area contributed by atoms with Gasteiger partial charge in [0.2, 0.25) is 0 Å². The molecule has 4 nitrogen and oxygen atoms in total. The molecule has 82 valence electrons. The smallest absolute Gasteiger partial charge is 0.125 e. The second-order valence-corrected chi connectivity index (χ2v) is 3.63. The van der Waals surface area contributed by atoms with Gasteiger partial charge in [-0.15, -0.1) is 0 Å². The first-order chi connectivity index (χ1) is 7.74. The maximum atomic E-state index is 4.32. The van der Waals surface area contributed by atoms with Crippen LogP contribution in [0.1, 0.15) is 17.2 Å².